The minimum atomic E-state index is -0.174. The van der Waals surface area contributed by atoms with Gasteiger partial charge in [0.05, 0.1) is 0 Å². The van der Waals surface area contributed by atoms with Crippen molar-refractivity contribution in [2.75, 3.05) is 5.32 Å². The van der Waals surface area contributed by atoms with Crippen LogP contribution in [0.1, 0.15) is 48.2 Å². The van der Waals surface area contributed by atoms with E-state index in [4.69, 9.17) is 0 Å². The van der Waals surface area contributed by atoms with Gasteiger partial charge in [0.2, 0.25) is 5.91 Å². The molecular weight excluding hydrogens is 316 g/mol. The van der Waals surface area contributed by atoms with Gasteiger partial charge in [0.15, 0.2) is 5.69 Å². The van der Waals surface area contributed by atoms with E-state index >= 15 is 0 Å². The highest BCUT2D eigenvalue weighted by atomic mass is 16.2. The first-order chi connectivity index (χ1) is 12.1. The molecule has 6 heteroatoms. The summed E-state index contributed by atoms with van der Waals surface area (Å²) in [6, 6.07) is 11.8. The smallest absolute Gasteiger partial charge is 0.272 e. The van der Waals surface area contributed by atoms with Crippen LogP contribution in [0, 0.1) is 0 Å². The monoisotopic (exact) mass is 340 g/mol. The molecule has 1 fully saturated rings. The van der Waals surface area contributed by atoms with E-state index in [0.29, 0.717) is 24.4 Å². The molecule has 0 radical (unpaired) electrons. The van der Waals surface area contributed by atoms with Gasteiger partial charge in [0.1, 0.15) is 5.82 Å². The standard InChI is InChI=1S/C19H24N4O2/c1-23-17(21-18(24)12-11-14-7-3-2-4-8-14)13-16(22-23)19(25)20-15-9-5-6-10-15/h2-4,7-8,13,15H,5-6,9-12H2,1H3,(H,20,25)(H,21,24). The Morgan fingerprint density at radius 2 is 1.92 bits per heavy atom. The van der Waals surface area contributed by atoms with Gasteiger partial charge in [-0.3, -0.25) is 14.3 Å². The summed E-state index contributed by atoms with van der Waals surface area (Å²) in [6.45, 7) is 0. The molecule has 0 atom stereocenters. The summed E-state index contributed by atoms with van der Waals surface area (Å²) in [7, 11) is 1.72. The molecule has 6 nitrogen and oxygen atoms in total. The maximum absolute atomic E-state index is 12.3. The molecule has 1 saturated carbocycles. The van der Waals surface area contributed by atoms with Crippen LogP contribution < -0.4 is 10.6 Å². The molecule has 2 N–H and O–H groups in total. The van der Waals surface area contributed by atoms with Crippen LogP contribution >= 0.6 is 0 Å². The molecule has 0 aliphatic heterocycles. The molecule has 0 bridgehead atoms. The molecule has 1 aliphatic rings. The number of aryl methyl sites for hydroxylation is 2. The Bertz CT molecular complexity index is 733. The zero-order valence-electron chi connectivity index (χ0n) is 14.5. The normalized spacial score (nSPS) is 14.4. The summed E-state index contributed by atoms with van der Waals surface area (Å²) in [5.74, 6) is 0.275. The molecule has 1 heterocycles. The highest BCUT2D eigenvalue weighted by Crippen LogP contribution is 2.18. The van der Waals surface area contributed by atoms with E-state index in [-0.39, 0.29) is 17.9 Å². The number of nitrogens with zero attached hydrogens (tertiary/aromatic N) is 2. The van der Waals surface area contributed by atoms with Gasteiger partial charge in [-0.1, -0.05) is 43.2 Å². The highest BCUT2D eigenvalue weighted by molar-refractivity contribution is 5.95. The minimum Gasteiger partial charge on any atom is -0.348 e. The summed E-state index contributed by atoms with van der Waals surface area (Å²) >= 11 is 0. The van der Waals surface area contributed by atoms with Crippen LogP contribution in [-0.4, -0.2) is 27.6 Å². The molecule has 2 aromatic rings. The van der Waals surface area contributed by atoms with Crippen LogP contribution in [0.25, 0.3) is 0 Å². The summed E-state index contributed by atoms with van der Waals surface area (Å²) < 4.78 is 1.53. The molecule has 1 aromatic carbocycles. The largest absolute Gasteiger partial charge is 0.348 e. The first-order valence-electron chi connectivity index (χ1n) is 8.80. The van der Waals surface area contributed by atoms with E-state index in [1.54, 1.807) is 13.1 Å². The van der Waals surface area contributed by atoms with E-state index < -0.39 is 0 Å². The highest BCUT2D eigenvalue weighted by Gasteiger charge is 2.20. The quantitative estimate of drug-likeness (QED) is 0.849. The second-order valence-electron chi connectivity index (χ2n) is 6.53. The Morgan fingerprint density at radius 1 is 1.20 bits per heavy atom. The summed E-state index contributed by atoms with van der Waals surface area (Å²) in [4.78, 5) is 24.4. The average Bonchev–Trinajstić information content (AvgIpc) is 3.24. The van der Waals surface area contributed by atoms with E-state index in [0.717, 1.165) is 31.2 Å². The van der Waals surface area contributed by atoms with Gasteiger partial charge in [0, 0.05) is 25.6 Å². The van der Waals surface area contributed by atoms with Crippen LogP contribution in [-0.2, 0) is 18.3 Å². The van der Waals surface area contributed by atoms with E-state index in [2.05, 4.69) is 15.7 Å². The van der Waals surface area contributed by atoms with Crippen LogP contribution in [0.4, 0.5) is 5.82 Å². The predicted octanol–water partition coefficient (Wildman–Crippen LogP) is 2.66. The number of carbonyl (C=O) groups is 2. The third-order valence-electron chi connectivity index (χ3n) is 4.55. The van der Waals surface area contributed by atoms with Crippen molar-refractivity contribution < 1.29 is 9.59 Å². The maximum atomic E-state index is 12.3. The van der Waals surface area contributed by atoms with Crippen LogP contribution in [0.15, 0.2) is 36.4 Å². The van der Waals surface area contributed by atoms with E-state index in [9.17, 15) is 9.59 Å². The summed E-state index contributed by atoms with van der Waals surface area (Å²) in [5.41, 5.74) is 1.46. The lowest BCUT2D eigenvalue weighted by atomic mass is 10.1. The Hall–Kier alpha value is -2.63. The van der Waals surface area contributed by atoms with Gasteiger partial charge >= 0.3 is 0 Å². The third kappa shape index (κ3) is 4.68. The van der Waals surface area contributed by atoms with Crippen LogP contribution in [0.5, 0.6) is 0 Å². The fourth-order valence-electron chi connectivity index (χ4n) is 3.13. The van der Waals surface area contributed by atoms with Crippen LogP contribution in [0.3, 0.4) is 0 Å². The van der Waals surface area contributed by atoms with Crippen molar-refractivity contribution in [1.29, 1.82) is 0 Å². The third-order valence-corrected chi connectivity index (χ3v) is 4.55. The zero-order valence-corrected chi connectivity index (χ0v) is 14.5. The molecule has 1 aromatic heterocycles. The lowest BCUT2D eigenvalue weighted by molar-refractivity contribution is -0.116. The lowest BCUT2D eigenvalue weighted by Gasteiger charge is -2.09. The Kier molecular flexibility index (Phi) is 5.48. The maximum Gasteiger partial charge on any atom is 0.272 e. The van der Waals surface area contributed by atoms with E-state index in [1.807, 2.05) is 30.3 Å². The number of amides is 2. The van der Waals surface area contributed by atoms with Crippen molar-refractivity contribution in [3.8, 4) is 0 Å². The number of hydrogen-bond acceptors (Lipinski definition) is 3. The number of aromatic nitrogens is 2. The van der Waals surface area contributed by atoms with Crippen molar-refractivity contribution >= 4 is 17.6 Å². The molecule has 0 spiro atoms. The second-order valence-corrected chi connectivity index (χ2v) is 6.53. The fourth-order valence-corrected chi connectivity index (χ4v) is 3.13. The number of nitrogens with one attached hydrogen (secondary N) is 2. The van der Waals surface area contributed by atoms with Gasteiger partial charge in [-0.05, 0) is 24.8 Å². The molecule has 132 valence electrons. The Morgan fingerprint density at radius 3 is 2.64 bits per heavy atom. The van der Waals surface area contributed by atoms with Gasteiger partial charge < -0.3 is 10.6 Å². The first kappa shape index (κ1) is 17.2. The molecular formula is C19H24N4O2. The van der Waals surface area contributed by atoms with Gasteiger partial charge in [-0.15, -0.1) is 0 Å². The van der Waals surface area contributed by atoms with Crippen molar-refractivity contribution in [3.05, 3.63) is 47.7 Å². The zero-order chi connectivity index (χ0) is 17.6. The topological polar surface area (TPSA) is 76.0 Å². The van der Waals surface area contributed by atoms with Crippen molar-refractivity contribution in [2.45, 2.75) is 44.6 Å². The number of hydrogen-bond donors (Lipinski definition) is 2. The Labute approximate surface area is 147 Å². The van der Waals surface area contributed by atoms with Gasteiger partial charge in [-0.2, -0.15) is 5.10 Å². The molecule has 2 amide bonds. The summed E-state index contributed by atoms with van der Waals surface area (Å²) in [5, 5.41) is 10.1. The Balaban J connectivity index is 1.54. The molecule has 25 heavy (non-hydrogen) atoms. The number of rotatable bonds is 6. The van der Waals surface area contributed by atoms with Crippen molar-refractivity contribution in [2.24, 2.45) is 7.05 Å². The van der Waals surface area contributed by atoms with Crippen molar-refractivity contribution in [1.82, 2.24) is 15.1 Å². The van der Waals surface area contributed by atoms with E-state index in [1.165, 1.54) is 4.68 Å². The number of carbonyl (C=O) groups excluding carboxylic acids is 2. The van der Waals surface area contributed by atoms with Gasteiger partial charge in [-0.25, -0.2) is 0 Å². The molecule has 1 aliphatic carbocycles. The minimum absolute atomic E-state index is 0.0883. The second kappa shape index (κ2) is 7.96. The average molecular weight is 340 g/mol. The lowest BCUT2D eigenvalue weighted by Crippen LogP contribution is -2.32. The SMILES string of the molecule is Cn1nc(C(=O)NC2CCCC2)cc1NC(=O)CCc1ccccc1. The number of benzene rings is 1. The molecule has 3 rings (SSSR count). The number of anilines is 1. The molecule has 0 unspecified atom stereocenters. The predicted molar refractivity (Wildman–Crippen MR) is 96.3 cm³/mol. The fraction of sp³-hybridized carbons (Fsp3) is 0.421. The summed E-state index contributed by atoms with van der Waals surface area (Å²) in [6.07, 6.45) is 5.45. The molecule has 0 saturated heterocycles. The van der Waals surface area contributed by atoms with Crippen molar-refractivity contribution in [3.63, 3.8) is 0 Å². The van der Waals surface area contributed by atoms with Gasteiger partial charge in [0.25, 0.3) is 5.91 Å². The van der Waals surface area contributed by atoms with Crippen LogP contribution in [0.2, 0.25) is 0 Å². The first-order valence-corrected chi connectivity index (χ1v) is 8.80.